The summed E-state index contributed by atoms with van der Waals surface area (Å²) >= 11 is 0. The molecule has 0 rings (SSSR count). The SMILES string of the molecule is CC[C@H](N)C(=O)NCC(COC)OC. The van der Waals surface area contributed by atoms with Crippen molar-refractivity contribution in [2.45, 2.75) is 25.5 Å². The van der Waals surface area contributed by atoms with Gasteiger partial charge in [-0.15, -0.1) is 0 Å². The van der Waals surface area contributed by atoms with Crippen LogP contribution in [0.3, 0.4) is 0 Å². The largest absolute Gasteiger partial charge is 0.382 e. The number of methoxy groups -OCH3 is 2. The summed E-state index contributed by atoms with van der Waals surface area (Å²) in [5.74, 6) is -0.148. The minimum absolute atomic E-state index is 0.118. The molecule has 3 N–H and O–H groups in total. The van der Waals surface area contributed by atoms with Crippen molar-refractivity contribution in [3.05, 3.63) is 0 Å². The first-order valence-electron chi connectivity index (χ1n) is 4.70. The molecular formula is C9H20N2O3. The number of carbonyl (C=O) groups is 1. The van der Waals surface area contributed by atoms with Crippen LogP contribution >= 0.6 is 0 Å². The molecule has 14 heavy (non-hydrogen) atoms. The second-order valence-corrected chi connectivity index (χ2v) is 3.07. The van der Waals surface area contributed by atoms with Crippen LogP contribution in [0.1, 0.15) is 13.3 Å². The Hall–Kier alpha value is -0.650. The van der Waals surface area contributed by atoms with Crippen LogP contribution in [-0.4, -0.2) is 45.4 Å². The zero-order chi connectivity index (χ0) is 11.0. The summed E-state index contributed by atoms with van der Waals surface area (Å²) in [6.45, 7) is 2.75. The summed E-state index contributed by atoms with van der Waals surface area (Å²) in [7, 11) is 3.17. The second-order valence-electron chi connectivity index (χ2n) is 3.07. The molecule has 0 saturated carbocycles. The number of nitrogens with one attached hydrogen (secondary N) is 1. The van der Waals surface area contributed by atoms with Gasteiger partial charge in [-0.1, -0.05) is 6.92 Å². The van der Waals surface area contributed by atoms with E-state index in [-0.39, 0.29) is 12.0 Å². The molecule has 84 valence electrons. The normalized spacial score (nSPS) is 14.9. The molecule has 0 heterocycles. The van der Waals surface area contributed by atoms with Crippen LogP contribution < -0.4 is 11.1 Å². The minimum atomic E-state index is -0.435. The van der Waals surface area contributed by atoms with E-state index in [2.05, 4.69) is 5.32 Å². The first kappa shape index (κ1) is 13.4. The fourth-order valence-electron chi connectivity index (χ4n) is 0.927. The summed E-state index contributed by atoms with van der Waals surface area (Å²) in [5, 5.41) is 2.70. The number of rotatable bonds is 7. The predicted molar refractivity (Wildman–Crippen MR) is 53.9 cm³/mol. The third-order valence-electron chi connectivity index (χ3n) is 1.97. The predicted octanol–water partition coefficient (Wildman–Crippen LogP) is -0.499. The summed E-state index contributed by atoms with van der Waals surface area (Å²) in [6, 6.07) is -0.435. The Morgan fingerprint density at radius 3 is 2.57 bits per heavy atom. The molecule has 5 heteroatoms. The fourth-order valence-corrected chi connectivity index (χ4v) is 0.927. The van der Waals surface area contributed by atoms with Crippen LogP contribution in [-0.2, 0) is 14.3 Å². The van der Waals surface area contributed by atoms with E-state index >= 15 is 0 Å². The average molecular weight is 204 g/mol. The van der Waals surface area contributed by atoms with Crippen molar-refractivity contribution in [3.8, 4) is 0 Å². The van der Waals surface area contributed by atoms with Crippen LogP contribution in [0, 0.1) is 0 Å². The van der Waals surface area contributed by atoms with E-state index in [1.54, 1.807) is 14.2 Å². The quantitative estimate of drug-likeness (QED) is 0.586. The molecule has 0 saturated heterocycles. The molecule has 0 aromatic heterocycles. The van der Waals surface area contributed by atoms with E-state index in [0.29, 0.717) is 19.6 Å². The minimum Gasteiger partial charge on any atom is -0.382 e. The molecule has 2 atom stereocenters. The number of hydrogen-bond acceptors (Lipinski definition) is 4. The standard InChI is InChI=1S/C9H20N2O3/c1-4-8(10)9(12)11-5-7(14-3)6-13-2/h7-8H,4-6,10H2,1-3H3,(H,11,12)/t7?,8-/m0/s1. The van der Waals surface area contributed by atoms with E-state index < -0.39 is 6.04 Å². The van der Waals surface area contributed by atoms with Crippen LogP contribution in [0.25, 0.3) is 0 Å². The lowest BCUT2D eigenvalue weighted by atomic mass is 10.2. The maximum Gasteiger partial charge on any atom is 0.236 e. The smallest absolute Gasteiger partial charge is 0.236 e. The van der Waals surface area contributed by atoms with Crippen molar-refractivity contribution >= 4 is 5.91 Å². The molecular weight excluding hydrogens is 184 g/mol. The number of hydrogen-bond donors (Lipinski definition) is 2. The Morgan fingerprint density at radius 1 is 1.50 bits per heavy atom. The Kier molecular flexibility index (Phi) is 7.37. The summed E-state index contributed by atoms with van der Waals surface area (Å²) in [6.07, 6.45) is 0.515. The number of ether oxygens (including phenoxy) is 2. The van der Waals surface area contributed by atoms with E-state index in [0.717, 1.165) is 0 Å². The molecule has 5 nitrogen and oxygen atoms in total. The molecule has 0 aliphatic rings. The molecule has 0 aliphatic carbocycles. The maximum absolute atomic E-state index is 11.3. The number of carbonyl (C=O) groups excluding carboxylic acids is 1. The molecule has 0 bridgehead atoms. The van der Waals surface area contributed by atoms with E-state index in [1.165, 1.54) is 0 Å². The highest BCUT2D eigenvalue weighted by molar-refractivity contribution is 5.81. The van der Waals surface area contributed by atoms with Gasteiger partial charge in [0.25, 0.3) is 0 Å². The van der Waals surface area contributed by atoms with Gasteiger partial charge in [-0.2, -0.15) is 0 Å². The third-order valence-corrected chi connectivity index (χ3v) is 1.97. The lowest BCUT2D eigenvalue weighted by Crippen LogP contribution is -2.44. The van der Waals surface area contributed by atoms with E-state index in [4.69, 9.17) is 15.2 Å². The van der Waals surface area contributed by atoms with Crippen molar-refractivity contribution in [1.29, 1.82) is 0 Å². The summed E-state index contributed by atoms with van der Waals surface area (Å²) in [5.41, 5.74) is 5.53. The van der Waals surface area contributed by atoms with E-state index in [9.17, 15) is 4.79 Å². The van der Waals surface area contributed by atoms with Crippen LogP contribution in [0.4, 0.5) is 0 Å². The molecule has 0 aromatic rings. The van der Waals surface area contributed by atoms with E-state index in [1.807, 2.05) is 6.92 Å². The number of amides is 1. The van der Waals surface area contributed by atoms with Crippen molar-refractivity contribution in [3.63, 3.8) is 0 Å². The van der Waals surface area contributed by atoms with Gasteiger partial charge in [-0.3, -0.25) is 4.79 Å². The maximum atomic E-state index is 11.3. The zero-order valence-electron chi connectivity index (χ0n) is 9.08. The third kappa shape index (κ3) is 5.16. The zero-order valence-corrected chi connectivity index (χ0v) is 9.08. The first-order chi connectivity index (χ1) is 6.65. The summed E-state index contributed by atoms with van der Waals surface area (Å²) in [4.78, 5) is 11.3. The summed E-state index contributed by atoms with van der Waals surface area (Å²) < 4.78 is 9.98. The van der Waals surface area contributed by atoms with Gasteiger partial charge in [-0.05, 0) is 6.42 Å². The monoisotopic (exact) mass is 204 g/mol. The van der Waals surface area contributed by atoms with Gasteiger partial charge in [-0.25, -0.2) is 0 Å². The Bertz CT molecular complexity index is 164. The first-order valence-corrected chi connectivity index (χ1v) is 4.70. The van der Waals surface area contributed by atoms with Gasteiger partial charge < -0.3 is 20.5 Å². The van der Waals surface area contributed by atoms with Gasteiger partial charge in [0, 0.05) is 20.8 Å². The van der Waals surface area contributed by atoms with Gasteiger partial charge in [0.2, 0.25) is 5.91 Å². The van der Waals surface area contributed by atoms with Gasteiger partial charge in [0.05, 0.1) is 18.8 Å². The Labute approximate surface area is 84.9 Å². The van der Waals surface area contributed by atoms with Crippen molar-refractivity contribution < 1.29 is 14.3 Å². The Morgan fingerprint density at radius 2 is 2.14 bits per heavy atom. The molecule has 1 unspecified atom stereocenters. The highest BCUT2D eigenvalue weighted by atomic mass is 16.5. The molecule has 1 amide bonds. The van der Waals surface area contributed by atoms with Crippen LogP contribution in [0.2, 0.25) is 0 Å². The molecule has 0 fully saturated rings. The van der Waals surface area contributed by atoms with Gasteiger partial charge in [0.15, 0.2) is 0 Å². The van der Waals surface area contributed by atoms with Crippen LogP contribution in [0.15, 0.2) is 0 Å². The van der Waals surface area contributed by atoms with Gasteiger partial charge >= 0.3 is 0 Å². The lowest BCUT2D eigenvalue weighted by Gasteiger charge is -2.16. The molecule has 0 aliphatic heterocycles. The topological polar surface area (TPSA) is 73.6 Å². The molecule has 0 radical (unpaired) electrons. The van der Waals surface area contributed by atoms with Crippen LogP contribution in [0.5, 0.6) is 0 Å². The molecule has 0 aromatic carbocycles. The second kappa shape index (κ2) is 7.73. The lowest BCUT2D eigenvalue weighted by molar-refractivity contribution is -0.123. The highest BCUT2D eigenvalue weighted by Crippen LogP contribution is 1.90. The fraction of sp³-hybridized carbons (Fsp3) is 0.889. The van der Waals surface area contributed by atoms with Crippen molar-refractivity contribution in [2.24, 2.45) is 5.73 Å². The van der Waals surface area contributed by atoms with Gasteiger partial charge in [0.1, 0.15) is 0 Å². The van der Waals surface area contributed by atoms with Crippen molar-refractivity contribution in [1.82, 2.24) is 5.32 Å². The van der Waals surface area contributed by atoms with Crippen molar-refractivity contribution in [2.75, 3.05) is 27.4 Å². The molecule has 0 spiro atoms. The Balaban J connectivity index is 3.73. The highest BCUT2D eigenvalue weighted by Gasteiger charge is 2.13. The number of nitrogens with two attached hydrogens (primary N) is 1. The average Bonchev–Trinajstić information content (AvgIpc) is 2.22.